The predicted octanol–water partition coefficient (Wildman–Crippen LogP) is 2.78. The molecule has 1 amide bonds. The number of nitrogens with one attached hydrogen (secondary N) is 3. The van der Waals surface area contributed by atoms with Gasteiger partial charge in [0.15, 0.2) is 5.65 Å². The zero-order valence-electron chi connectivity index (χ0n) is 18.1. The summed E-state index contributed by atoms with van der Waals surface area (Å²) in [4.78, 5) is 27.1. The van der Waals surface area contributed by atoms with Crippen molar-refractivity contribution in [3.63, 3.8) is 0 Å². The molecule has 8 nitrogen and oxygen atoms in total. The van der Waals surface area contributed by atoms with Crippen molar-refractivity contribution in [2.75, 3.05) is 36.4 Å². The quantitative estimate of drug-likeness (QED) is 0.433. The lowest BCUT2D eigenvalue weighted by Crippen LogP contribution is -2.43. The number of allylic oxidation sites excluding steroid dienone is 1. The van der Waals surface area contributed by atoms with Crippen LogP contribution < -0.4 is 21.3 Å². The zero-order chi connectivity index (χ0) is 22.5. The van der Waals surface area contributed by atoms with Gasteiger partial charge in [-0.25, -0.2) is 9.97 Å². The molecule has 4 atom stereocenters. The molecule has 3 aliphatic rings. The van der Waals surface area contributed by atoms with E-state index < -0.39 is 0 Å². The number of pyridine rings is 1. The van der Waals surface area contributed by atoms with Gasteiger partial charge in [0.25, 0.3) is 0 Å². The summed E-state index contributed by atoms with van der Waals surface area (Å²) < 4.78 is 0. The Morgan fingerprint density at radius 1 is 1.15 bits per heavy atom. The molecule has 2 aromatic heterocycles. The van der Waals surface area contributed by atoms with E-state index in [1.54, 1.807) is 6.20 Å². The average Bonchev–Trinajstić information content (AvgIpc) is 3.56. The van der Waals surface area contributed by atoms with E-state index >= 15 is 0 Å². The van der Waals surface area contributed by atoms with Crippen molar-refractivity contribution in [1.82, 2.24) is 20.3 Å². The molecule has 1 saturated heterocycles. The van der Waals surface area contributed by atoms with Gasteiger partial charge >= 0.3 is 0 Å². The summed E-state index contributed by atoms with van der Waals surface area (Å²) in [6, 6.07) is 8.32. The number of carbonyl (C=O) groups excluding carboxylic acids is 1. The van der Waals surface area contributed by atoms with Crippen LogP contribution in [0.4, 0.5) is 11.4 Å². The second-order valence-electron chi connectivity index (χ2n) is 9.10. The zero-order valence-corrected chi connectivity index (χ0v) is 18.8. The third-order valence-electron chi connectivity index (χ3n) is 7.20. The number of nitrogens with zero attached hydrogens (tertiary/aromatic N) is 3. The first-order chi connectivity index (χ1) is 16.1. The van der Waals surface area contributed by atoms with Gasteiger partial charge in [-0.3, -0.25) is 4.79 Å². The van der Waals surface area contributed by atoms with E-state index in [-0.39, 0.29) is 29.7 Å². The lowest BCUT2D eigenvalue weighted by molar-refractivity contribution is -0.122. The van der Waals surface area contributed by atoms with E-state index in [2.05, 4.69) is 61.9 Å². The fraction of sp³-hybridized carbons (Fsp3) is 0.375. The van der Waals surface area contributed by atoms with Crippen molar-refractivity contribution in [3.8, 4) is 11.4 Å². The molecule has 170 valence electrons. The van der Waals surface area contributed by atoms with E-state index in [4.69, 9.17) is 22.3 Å². The number of nitrogens with two attached hydrogens (primary N) is 1. The Labute approximate surface area is 196 Å². The van der Waals surface area contributed by atoms with E-state index in [0.717, 1.165) is 55.2 Å². The summed E-state index contributed by atoms with van der Waals surface area (Å²) in [5.41, 5.74) is 9.96. The highest BCUT2D eigenvalue weighted by molar-refractivity contribution is 6.34. The Morgan fingerprint density at radius 3 is 2.67 bits per heavy atom. The van der Waals surface area contributed by atoms with Crippen LogP contribution in [0.15, 0.2) is 42.6 Å². The summed E-state index contributed by atoms with van der Waals surface area (Å²) in [5, 5.41) is 7.39. The van der Waals surface area contributed by atoms with Gasteiger partial charge in [-0.1, -0.05) is 23.8 Å². The number of benzene rings is 1. The number of piperazine rings is 1. The van der Waals surface area contributed by atoms with Crippen molar-refractivity contribution < 1.29 is 4.79 Å². The molecule has 2 fully saturated rings. The molecule has 9 heteroatoms. The number of hydrogen-bond acceptors (Lipinski definition) is 6. The summed E-state index contributed by atoms with van der Waals surface area (Å²) in [5.74, 6) is 0.646. The first kappa shape index (κ1) is 20.5. The van der Waals surface area contributed by atoms with E-state index in [9.17, 15) is 4.79 Å². The van der Waals surface area contributed by atoms with Gasteiger partial charge in [-0.2, -0.15) is 0 Å². The van der Waals surface area contributed by atoms with Gasteiger partial charge < -0.3 is 26.3 Å². The topological polar surface area (TPSA) is 112 Å². The molecule has 0 radical (unpaired) electrons. The van der Waals surface area contributed by atoms with Crippen LogP contribution in [0.3, 0.4) is 0 Å². The van der Waals surface area contributed by atoms with Gasteiger partial charge in [-0.15, -0.1) is 0 Å². The molecule has 33 heavy (non-hydrogen) atoms. The number of aromatic amines is 1. The summed E-state index contributed by atoms with van der Waals surface area (Å²) in [7, 11) is 0. The minimum absolute atomic E-state index is 0.0920. The van der Waals surface area contributed by atoms with Gasteiger partial charge in [0, 0.05) is 43.5 Å². The molecule has 1 aliphatic heterocycles. The van der Waals surface area contributed by atoms with E-state index in [1.807, 2.05) is 0 Å². The number of H-pyrrole nitrogens is 1. The molecule has 3 aromatic rings. The number of anilines is 2. The number of aromatic nitrogens is 3. The van der Waals surface area contributed by atoms with Crippen LogP contribution in [0, 0.1) is 17.8 Å². The Hall–Kier alpha value is -3.10. The molecule has 3 heterocycles. The van der Waals surface area contributed by atoms with Crippen LogP contribution in [0.25, 0.3) is 22.6 Å². The smallest absolute Gasteiger partial charge is 0.223 e. The lowest BCUT2D eigenvalue weighted by Gasteiger charge is -2.29. The van der Waals surface area contributed by atoms with Crippen molar-refractivity contribution >= 4 is 40.0 Å². The number of hydrogen-bond donors (Lipinski definition) is 4. The molecular formula is C24H26ClN7O. The number of amides is 1. The predicted molar refractivity (Wildman–Crippen MR) is 130 cm³/mol. The summed E-state index contributed by atoms with van der Waals surface area (Å²) in [6.45, 7) is 4.02. The Kier molecular flexibility index (Phi) is 4.99. The molecule has 0 unspecified atom stereocenters. The molecule has 2 bridgehead atoms. The molecule has 5 N–H and O–H groups in total. The fourth-order valence-electron chi connectivity index (χ4n) is 5.54. The maximum absolute atomic E-state index is 12.1. The van der Waals surface area contributed by atoms with Gasteiger partial charge in [0.05, 0.1) is 22.8 Å². The van der Waals surface area contributed by atoms with Crippen molar-refractivity contribution in [3.05, 3.63) is 47.6 Å². The Morgan fingerprint density at radius 2 is 1.91 bits per heavy atom. The largest absolute Gasteiger partial charge is 0.378 e. The summed E-state index contributed by atoms with van der Waals surface area (Å²) in [6.07, 6.45) is 6.82. The maximum atomic E-state index is 12.1. The normalized spacial score (nSPS) is 26.3. The van der Waals surface area contributed by atoms with Crippen molar-refractivity contribution in [2.45, 2.75) is 12.5 Å². The number of imidazole rings is 1. The lowest BCUT2D eigenvalue weighted by atomic mass is 9.88. The first-order valence-corrected chi connectivity index (χ1v) is 11.8. The van der Waals surface area contributed by atoms with Crippen LogP contribution in [-0.2, 0) is 4.79 Å². The van der Waals surface area contributed by atoms with E-state index in [1.165, 1.54) is 5.69 Å². The number of carbonyl (C=O) groups is 1. The van der Waals surface area contributed by atoms with Gasteiger partial charge in [-0.05, 0) is 42.5 Å². The number of primary amides is 1. The second-order valence-corrected chi connectivity index (χ2v) is 9.50. The number of halogens is 1. The Bertz CT molecular complexity index is 1230. The molecule has 1 aromatic carbocycles. The molecule has 1 saturated carbocycles. The number of fused-ring (bicyclic) bond motifs is 3. The highest BCUT2D eigenvalue weighted by Crippen LogP contribution is 2.46. The van der Waals surface area contributed by atoms with Crippen LogP contribution >= 0.6 is 11.6 Å². The van der Waals surface area contributed by atoms with E-state index in [0.29, 0.717) is 10.7 Å². The highest BCUT2D eigenvalue weighted by atomic mass is 35.5. The van der Waals surface area contributed by atoms with Gasteiger partial charge in [0.2, 0.25) is 5.91 Å². The molecule has 6 rings (SSSR count). The fourth-order valence-corrected chi connectivity index (χ4v) is 5.74. The molecule has 2 aliphatic carbocycles. The first-order valence-electron chi connectivity index (χ1n) is 11.4. The number of rotatable bonds is 5. The third kappa shape index (κ3) is 3.54. The van der Waals surface area contributed by atoms with Crippen LogP contribution in [0.2, 0.25) is 5.02 Å². The minimum atomic E-state index is -0.277. The van der Waals surface area contributed by atoms with Crippen molar-refractivity contribution in [1.29, 1.82) is 0 Å². The average molecular weight is 464 g/mol. The maximum Gasteiger partial charge on any atom is 0.223 e. The SMILES string of the molecule is NC(=O)[C@@H]1[C@H](Nc2c(Cl)cnc3nc(-c4ccc(N5CCNCC5)cc4)[nH]c23)[C@H]2C=C[C@@H]1C2. The van der Waals surface area contributed by atoms with Crippen LogP contribution in [0.1, 0.15) is 6.42 Å². The molecule has 0 spiro atoms. The van der Waals surface area contributed by atoms with Crippen LogP contribution in [0.5, 0.6) is 0 Å². The standard InChI is InChI=1S/C24H26ClN7O/c25-17-12-28-24-21(20(17)29-19-15-2-1-14(11-15)18(19)22(26)33)30-23(31-24)13-3-5-16(6-4-13)32-9-7-27-8-10-32/h1-6,12,14-15,18-19,27H,7-11H2,(H2,26,33)(H2,28,29,30,31)/t14-,15+,18+,19-/m1/s1. The van der Waals surface area contributed by atoms with Crippen LogP contribution in [-0.4, -0.2) is 53.1 Å². The minimum Gasteiger partial charge on any atom is -0.378 e. The third-order valence-corrected chi connectivity index (χ3v) is 7.48. The van der Waals surface area contributed by atoms with Crippen molar-refractivity contribution in [2.24, 2.45) is 23.5 Å². The Balaban J connectivity index is 1.31. The summed E-state index contributed by atoms with van der Waals surface area (Å²) >= 11 is 6.56. The highest BCUT2D eigenvalue weighted by Gasteiger charge is 2.47. The second kappa shape index (κ2) is 8.04. The molecular weight excluding hydrogens is 438 g/mol. The monoisotopic (exact) mass is 463 g/mol. The van der Waals surface area contributed by atoms with Gasteiger partial charge in [0.1, 0.15) is 11.3 Å².